The molecule has 6 heteroatoms. The quantitative estimate of drug-likeness (QED) is 0.282. The van der Waals surface area contributed by atoms with Crippen molar-refractivity contribution in [2.75, 3.05) is 5.32 Å². The second-order valence-corrected chi connectivity index (χ2v) is 9.69. The number of halogens is 1. The molecule has 0 unspecified atom stereocenters. The first-order valence-electron chi connectivity index (χ1n) is 12.0. The molecule has 2 heterocycles. The molecule has 1 aliphatic heterocycles. The first-order chi connectivity index (χ1) is 17.0. The van der Waals surface area contributed by atoms with Crippen molar-refractivity contribution in [1.82, 2.24) is 14.5 Å². The fourth-order valence-electron chi connectivity index (χ4n) is 4.55. The highest BCUT2D eigenvalue weighted by Gasteiger charge is 2.20. The van der Waals surface area contributed by atoms with Crippen LogP contribution in [0.5, 0.6) is 0 Å². The van der Waals surface area contributed by atoms with Crippen LogP contribution in [-0.4, -0.2) is 20.6 Å². The van der Waals surface area contributed by atoms with Gasteiger partial charge in [-0.25, -0.2) is 4.98 Å². The molecule has 6 rings (SSSR count). The Morgan fingerprint density at radius 1 is 0.971 bits per heavy atom. The SMILES string of the molecule is Cc1ccc2nc3cc(Nc4cccnc4C)c(=NC4CCC4)cc-3n(-c3ccc(Cl)cc3)c2c1. The summed E-state index contributed by atoms with van der Waals surface area (Å²) in [5, 5.41) is 5.25. The molecule has 0 atom stereocenters. The van der Waals surface area contributed by atoms with Gasteiger partial charge in [-0.2, -0.15) is 0 Å². The maximum absolute atomic E-state index is 6.23. The summed E-state index contributed by atoms with van der Waals surface area (Å²) in [6, 6.07) is 23.0. The molecule has 2 aromatic carbocycles. The zero-order chi connectivity index (χ0) is 23.9. The van der Waals surface area contributed by atoms with E-state index in [2.05, 4.69) is 64.3 Å². The monoisotopic (exact) mass is 479 g/mol. The minimum Gasteiger partial charge on any atom is -0.352 e. The second kappa shape index (κ2) is 8.82. The van der Waals surface area contributed by atoms with Crippen LogP contribution in [0, 0.1) is 13.8 Å². The van der Waals surface area contributed by atoms with Gasteiger partial charge in [0.2, 0.25) is 0 Å². The van der Waals surface area contributed by atoms with Crippen molar-refractivity contribution in [3.05, 3.63) is 94.6 Å². The Morgan fingerprint density at radius 3 is 2.54 bits per heavy atom. The van der Waals surface area contributed by atoms with E-state index in [1.54, 1.807) is 0 Å². The van der Waals surface area contributed by atoms with E-state index in [0.29, 0.717) is 11.1 Å². The van der Waals surface area contributed by atoms with Crippen LogP contribution in [0.4, 0.5) is 11.4 Å². The van der Waals surface area contributed by atoms with Gasteiger partial charge in [-0.05, 0) is 99.3 Å². The molecule has 0 spiro atoms. The number of fused-ring (bicyclic) bond motifs is 2. The zero-order valence-corrected chi connectivity index (χ0v) is 20.5. The molecule has 0 saturated heterocycles. The highest BCUT2D eigenvalue weighted by atomic mass is 35.5. The smallest absolute Gasteiger partial charge is 0.0900 e. The van der Waals surface area contributed by atoms with Gasteiger partial charge >= 0.3 is 0 Å². The Hall–Kier alpha value is -3.70. The fraction of sp³-hybridized carbons (Fsp3) is 0.207. The second-order valence-electron chi connectivity index (χ2n) is 9.25. The van der Waals surface area contributed by atoms with Crippen molar-refractivity contribution < 1.29 is 0 Å². The number of nitrogens with one attached hydrogen (secondary N) is 1. The summed E-state index contributed by atoms with van der Waals surface area (Å²) in [5.74, 6) is 0. The third-order valence-corrected chi connectivity index (χ3v) is 6.96. The van der Waals surface area contributed by atoms with Crippen LogP contribution in [0.25, 0.3) is 28.1 Å². The van der Waals surface area contributed by atoms with Gasteiger partial charge in [-0.3, -0.25) is 9.98 Å². The summed E-state index contributed by atoms with van der Waals surface area (Å²) in [5.41, 5.74) is 8.98. The molecule has 0 bridgehead atoms. The zero-order valence-electron chi connectivity index (χ0n) is 19.8. The molecule has 1 N–H and O–H groups in total. The van der Waals surface area contributed by atoms with Gasteiger partial charge in [0.25, 0.3) is 0 Å². The van der Waals surface area contributed by atoms with Gasteiger partial charge in [0.05, 0.1) is 50.9 Å². The van der Waals surface area contributed by atoms with E-state index in [9.17, 15) is 0 Å². The van der Waals surface area contributed by atoms with Crippen LogP contribution < -0.4 is 10.7 Å². The van der Waals surface area contributed by atoms with Crippen LogP contribution in [-0.2, 0) is 0 Å². The maximum atomic E-state index is 6.23. The molecule has 5 nitrogen and oxygen atoms in total. The van der Waals surface area contributed by atoms with Crippen molar-refractivity contribution in [1.29, 1.82) is 0 Å². The summed E-state index contributed by atoms with van der Waals surface area (Å²) >= 11 is 6.23. The Labute approximate surface area is 209 Å². The average molecular weight is 480 g/mol. The van der Waals surface area contributed by atoms with E-state index in [4.69, 9.17) is 21.6 Å². The van der Waals surface area contributed by atoms with E-state index < -0.39 is 0 Å². The van der Waals surface area contributed by atoms with E-state index >= 15 is 0 Å². The molecule has 1 saturated carbocycles. The number of pyridine rings is 1. The number of aryl methyl sites for hydroxylation is 2. The first kappa shape index (κ1) is 21.8. The molecular weight excluding hydrogens is 454 g/mol. The molecule has 1 fully saturated rings. The number of hydrogen-bond acceptors (Lipinski definition) is 4. The first-order valence-corrected chi connectivity index (χ1v) is 12.4. The molecule has 174 valence electrons. The van der Waals surface area contributed by atoms with E-state index in [1.807, 2.05) is 37.4 Å². The number of anilines is 2. The Bertz CT molecular complexity index is 1580. The lowest BCUT2D eigenvalue weighted by Crippen LogP contribution is -2.22. The van der Waals surface area contributed by atoms with Gasteiger partial charge in [-0.1, -0.05) is 17.7 Å². The van der Waals surface area contributed by atoms with Crippen LogP contribution in [0.2, 0.25) is 5.02 Å². The fourth-order valence-corrected chi connectivity index (χ4v) is 4.68. The lowest BCUT2D eigenvalue weighted by atomic mass is 9.94. The number of aromatic nitrogens is 3. The Kier molecular flexibility index (Phi) is 5.50. The van der Waals surface area contributed by atoms with Crippen molar-refractivity contribution in [2.45, 2.75) is 39.2 Å². The Morgan fingerprint density at radius 2 is 1.80 bits per heavy atom. The lowest BCUT2D eigenvalue weighted by Gasteiger charge is -2.23. The standard InChI is InChI=1S/C29H26ClN5/c1-18-8-13-24-28(15-18)35(22-11-9-20(30)10-12-22)29-17-26(32-21-5-3-6-21)25(16-27(29)34-24)33-23-7-4-14-31-19(23)2/h4,7-17,21,33H,3,5-6H2,1-2H3. The van der Waals surface area contributed by atoms with Crippen molar-refractivity contribution in [3.8, 4) is 17.1 Å². The van der Waals surface area contributed by atoms with Crippen LogP contribution >= 0.6 is 11.6 Å². The van der Waals surface area contributed by atoms with Gasteiger partial charge < -0.3 is 9.88 Å². The summed E-state index contributed by atoms with van der Waals surface area (Å²) in [7, 11) is 0. The Balaban J connectivity index is 1.65. The van der Waals surface area contributed by atoms with Gasteiger partial charge in [0.1, 0.15) is 0 Å². The van der Waals surface area contributed by atoms with Crippen LogP contribution in [0.1, 0.15) is 30.5 Å². The molecule has 1 aromatic heterocycles. The van der Waals surface area contributed by atoms with E-state index in [1.165, 1.54) is 12.0 Å². The summed E-state index contributed by atoms with van der Waals surface area (Å²) in [4.78, 5) is 14.6. The number of hydrogen-bond donors (Lipinski definition) is 1. The highest BCUT2D eigenvalue weighted by molar-refractivity contribution is 6.30. The summed E-state index contributed by atoms with van der Waals surface area (Å²) in [6.45, 7) is 4.12. The van der Waals surface area contributed by atoms with E-state index in [-0.39, 0.29) is 0 Å². The summed E-state index contributed by atoms with van der Waals surface area (Å²) < 4.78 is 2.26. The minimum atomic E-state index is 0.364. The molecule has 3 aromatic rings. The molecule has 3 aliphatic rings. The molecule has 2 aliphatic carbocycles. The van der Waals surface area contributed by atoms with Crippen LogP contribution in [0.15, 0.2) is 77.9 Å². The minimum absolute atomic E-state index is 0.364. The van der Waals surface area contributed by atoms with Gasteiger partial charge in [-0.15, -0.1) is 0 Å². The predicted molar refractivity (Wildman–Crippen MR) is 143 cm³/mol. The van der Waals surface area contributed by atoms with Gasteiger partial charge in [0.15, 0.2) is 0 Å². The largest absolute Gasteiger partial charge is 0.352 e. The lowest BCUT2D eigenvalue weighted by molar-refractivity contribution is 0.413. The van der Waals surface area contributed by atoms with Gasteiger partial charge in [0, 0.05) is 16.9 Å². The highest BCUT2D eigenvalue weighted by Crippen LogP contribution is 2.32. The van der Waals surface area contributed by atoms with Crippen molar-refractivity contribution >= 4 is 34.0 Å². The molecule has 0 amide bonds. The third-order valence-electron chi connectivity index (χ3n) is 6.70. The average Bonchev–Trinajstić information content (AvgIpc) is 2.82. The predicted octanol–water partition coefficient (Wildman–Crippen LogP) is 6.99. The molecule has 0 radical (unpaired) electrons. The number of rotatable bonds is 4. The van der Waals surface area contributed by atoms with E-state index in [0.717, 1.165) is 63.4 Å². The van der Waals surface area contributed by atoms with Crippen LogP contribution in [0.3, 0.4) is 0 Å². The number of nitrogens with zero attached hydrogens (tertiary/aromatic N) is 4. The third kappa shape index (κ3) is 4.17. The molecular formula is C29H26ClN5. The number of benzene rings is 3. The topological polar surface area (TPSA) is 55.1 Å². The van der Waals surface area contributed by atoms with Crippen molar-refractivity contribution in [2.24, 2.45) is 4.99 Å². The molecule has 35 heavy (non-hydrogen) atoms. The maximum Gasteiger partial charge on any atom is 0.0900 e. The normalized spacial score (nSPS) is 14.4. The summed E-state index contributed by atoms with van der Waals surface area (Å²) in [6.07, 6.45) is 5.32. The van der Waals surface area contributed by atoms with Crippen molar-refractivity contribution in [3.63, 3.8) is 0 Å².